The van der Waals surface area contributed by atoms with Crippen LogP contribution >= 0.6 is 0 Å². The van der Waals surface area contributed by atoms with Crippen LogP contribution in [0.15, 0.2) is 46.3 Å². The van der Waals surface area contributed by atoms with Crippen LogP contribution in [0, 0.1) is 6.92 Å². The molecule has 29 heavy (non-hydrogen) atoms. The van der Waals surface area contributed by atoms with Crippen LogP contribution in [0.1, 0.15) is 11.1 Å². The van der Waals surface area contributed by atoms with Crippen molar-refractivity contribution in [2.24, 2.45) is 4.99 Å². The Kier molecular flexibility index (Phi) is 4.78. The third kappa shape index (κ3) is 3.95. The third-order valence-electron chi connectivity index (χ3n) is 4.55. The average molecular weight is 427 g/mol. The monoisotopic (exact) mass is 427 g/mol. The highest BCUT2D eigenvalue weighted by Gasteiger charge is 2.40. The van der Waals surface area contributed by atoms with E-state index in [4.69, 9.17) is 13.7 Å². The van der Waals surface area contributed by atoms with Crippen molar-refractivity contribution in [1.82, 2.24) is 0 Å². The largest absolute Gasteiger partial charge is 0.486 e. The Hall–Kier alpha value is -2.59. The zero-order chi connectivity index (χ0) is 20.8. The van der Waals surface area contributed by atoms with Gasteiger partial charge in [0.25, 0.3) is 10.1 Å². The zero-order valence-corrected chi connectivity index (χ0v) is 16.0. The molecule has 2 aromatic rings. The summed E-state index contributed by atoms with van der Waals surface area (Å²) < 4.78 is 79.9. The molecule has 0 aromatic heterocycles. The maximum absolute atomic E-state index is 13.0. The van der Waals surface area contributed by atoms with Gasteiger partial charge in [0.05, 0.1) is 10.6 Å². The Bertz CT molecular complexity index is 1080. The van der Waals surface area contributed by atoms with E-state index < -0.39 is 34.5 Å². The number of hydrogen-bond acceptors (Lipinski definition) is 6. The predicted octanol–water partition coefficient (Wildman–Crippen LogP) is 3.73. The maximum atomic E-state index is 13.0. The normalized spacial score (nSPS) is 18.3. The van der Waals surface area contributed by atoms with Crippen molar-refractivity contribution in [2.45, 2.75) is 30.5 Å². The van der Waals surface area contributed by atoms with Crippen molar-refractivity contribution in [3.8, 4) is 11.5 Å². The van der Waals surface area contributed by atoms with Gasteiger partial charge >= 0.3 is 6.18 Å². The second-order valence-corrected chi connectivity index (χ2v) is 8.34. The molecular weight excluding hydrogens is 411 g/mol. The molecule has 154 valence electrons. The van der Waals surface area contributed by atoms with Crippen molar-refractivity contribution < 1.29 is 35.2 Å². The van der Waals surface area contributed by atoms with Gasteiger partial charge in [-0.05, 0) is 31.2 Å². The van der Waals surface area contributed by atoms with E-state index in [9.17, 15) is 21.6 Å². The molecule has 10 heteroatoms. The standard InChI is InChI=1S/C19H16F3NO5S/c1-11-2-4-13(5-3-11)29(24,25)27-10-12-9-26-16-7-6-15-14(18(16)28-12)8-17(23-15)19(20,21)22/h2-7,12H,8-10H2,1H3. The summed E-state index contributed by atoms with van der Waals surface area (Å²) in [6.07, 6.45) is -5.77. The fourth-order valence-corrected chi connectivity index (χ4v) is 3.97. The summed E-state index contributed by atoms with van der Waals surface area (Å²) in [5.41, 5.74) is 0.415. The van der Waals surface area contributed by atoms with Gasteiger partial charge in [-0.25, -0.2) is 4.99 Å². The van der Waals surface area contributed by atoms with Crippen LogP contribution < -0.4 is 9.47 Å². The molecular formula is C19H16F3NO5S. The van der Waals surface area contributed by atoms with Crippen LogP contribution in [-0.2, 0) is 20.7 Å². The molecule has 4 rings (SSSR count). The van der Waals surface area contributed by atoms with Crippen molar-refractivity contribution in [3.05, 3.63) is 47.5 Å². The van der Waals surface area contributed by atoms with E-state index in [0.29, 0.717) is 5.75 Å². The molecule has 0 amide bonds. The number of nitrogens with zero attached hydrogens (tertiary/aromatic N) is 1. The van der Waals surface area contributed by atoms with E-state index in [1.807, 2.05) is 6.92 Å². The van der Waals surface area contributed by atoms with Crippen LogP contribution in [0.25, 0.3) is 0 Å². The summed E-state index contributed by atoms with van der Waals surface area (Å²) in [6, 6.07) is 9.08. The first-order valence-corrected chi connectivity index (χ1v) is 10.1. The van der Waals surface area contributed by atoms with Gasteiger partial charge in [-0.3, -0.25) is 4.18 Å². The minimum atomic E-state index is -4.54. The Balaban J connectivity index is 1.48. The van der Waals surface area contributed by atoms with Gasteiger partial charge in [0.2, 0.25) is 0 Å². The Labute approximate surface area is 165 Å². The molecule has 0 saturated heterocycles. The van der Waals surface area contributed by atoms with E-state index in [-0.39, 0.29) is 35.1 Å². The smallest absolute Gasteiger partial charge is 0.429 e. The van der Waals surface area contributed by atoms with Gasteiger partial charge in [0, 0.05) is 12.0 Å². The first kappa shape index (κ1) is 19.7. The summed E-state index contributed by atoms with van der Waals surface area (Å²) >= 11 is 0. The van der Waals surface area contributed by atoms with E-state index in [1.165, 1.54) is 24.3 Å². The molecule has 0 N–H and O–H groups in total. The van der Waals surface area contributed by atoms with Crippen LogP contribution in [0.4, 0.5) is 18.9 Å². The highest BCUT2D eigenvalue weighted by molar-refractivity contribution is 7.86. The molecule has 2 aliphatic heterocycles. The molecule has 0 bridgehead atoms. The van der Waals surface area contributed by atoms with E-state index >= 15 is 0 Å². The lowest BCUT2D eigenvalue weighted by atomic mass is 10.1. The minimum Gasteiger partial charge on any atom is -0.486 e. The second-order valence-electron chi connectivity index (χ2n) is 6.73. The molecule has 6 nitrogen and oxygen atoms in total. The zero-order valence-electron chi connectivity index (χ0n) is 15.2. The van der Waals surface area contributed by atoms with E-state index in [1.54, 1.807) is 12.1 Å². The third-order valence-corrected chi connectivity index (χ3v) is 5.85. The van der Waals surface area contributed by atoms with Crippen molar-refractivity contribution >= 4 is 21.5 Å². The molecule has 2 aliphatic rings. The van der Waals surface area contributed by atoms with Crippen molar-refractivity contribution in [3.63, 3.8) is 0 Å². The molecule has 1 unspecified atom stereocenters. The first-order valence-electron chi connectivity index (χ1n) is 8.70. The van der Waals surface area contributed by atoms with Crippen LogP contribution in [-0.4, -0.2) is 39.6 Å². The van der Waals surface area contributed by atoms with Crippen molar-refractivity contribution in [2.75, 3.05) is 13.2 Å². The number of aryl methyl sites for hydroxylation is 1. The Morgan fingerprint density at radius 3 is 2.59 bits per heavy atom. The van der Waals surface area contributed by atoms with Gasteiger partial charge < -0.3 is 9.47 Å². The summed E-state index contributed by atoms with van der Waals surface area (Å²) in [5, 5.41) is 0. The lowest BCUT2D eigenvalue weighted by Gasteiger charge is -2.27. The first-order chi connectivity index (χ1) is 13.6. The van der Waals surface area contributed by atoms with Gasteiger partial charge in [-0.15, -0.1) is 0 Å². The number of fused-ring (bicyclic) bond motifs is 3. The number of ether oxygens (including phenoxy) is 2. The van der Waals surface area contributed by atoms with Crippen molar-refractivity contribution in [1.29, 1.82) is 0 Å². The lowest BCUT2D eigenvalue weighted by Crippen LogP contribution is -2.34. The SMILES string of the molecule is Cc1ccc(S(=O)(=O)OCC2COc3ccc4c(c3O2)CC(C(F)(F)F)=N4)cc1. The van der Waals surface area contributed by atoms with E-state index in [0.717, 1.165) is 5.56 Å². The Morgan fingerprint density at radius 2 is 1.90 bits per heavy atom. The molecule has 0 fully saturated rings. The van der Waals surface area contributed by atoms with Crippen LogP contribution in [0.2, 0.25) is 0 Å². The van der Waals surface area contributed by atoms with Gasteiger partial charge in [-0.1, -0.05) is 17.7 Å². The molecule has 0 radical (unpaired) electrons. The molecule has 0 aliphatic carbocycles. The average Bonchev–Trinajstić information content (AvgIpc) is 3.12. The topological polar surface area (TPSA) is 74.2 Å². The second kappa shape index (κ2) is 7.03. The highest BCUT2D eigenvalue weighted by Crippen LogP contribution is 2.45. The molecule has 0 saturated carbocycles. The highest BCUT2D eigenvalue weighted by atomic mass is 32.2. The number of benzene rings is 2. The van der Waals surface area contributed by atoms with Gasteiger partial charge in [0.15, 0.2) is 17.6 Å². The van der Waals surface area contributed by atoms with E-state index in [2.05, 4.69) is 4.99 Å². The fourth-order valence-electron chi connectivity index (χ4n) is 3.03. The molecule has 1 atom stereocenters. The number of aliphatic imine (C=N–C) groups is 1. The lowest BCUT2D eigenvalue weighted by molar-refractivity contribution is -0.0597. The number of rotatable bonds is 4. The quantitative estimate of drug-likeness (QED) is 0.696. The van der Waals surface area contributed by atoms with Gasteiger partial charge in [0.1, 0.15) is 18.9 Å². The number of alkyl halides is 3. The summed E-state index contributed by atoms with van der Waals surface area (Å²) in [4.78, 5) is 3.62. The van der Waals surface area contributed by atoms with Crippen LogP contribution in [0.3, 0.4) is 0 Å². The fraction of sp³-hybridized carbons (Fsp3) is 0.316. The number of hydrogen-bond donors (Lipinski definition) is 0. The minimum absolute atomic E-state index is 0.00217. The summed E-state index contributed by atoms with van der Waals surface area (Å²) in [7, 11) is -4.00. The molecule has 2 heterocycles. The maximum Gasteiger partial charge on any atom is 0.429 e. The summed E-state index contributed by atoms with van der Waals surface area (Å²) in [6.45, 7) is 1.49. The van der Waals surface area contributed by atoms with Gasteiger partial charge in [-0.2, -0.15) is 21.6 Å². The molecule has 2 aromatic carbocycles. The number of halogens is 3. The summed E-state index contributed by atoms with van der Waals surface area (Å²) in [5.74, 6) is 0.429. The predicted molar refractivity (Wildman–Crippen MR) is 97.5 cm³/mol. The molecule has 0 spiro atoms. The van der Waals surface area contributed by atoms with Crippen LogP contribution in [0.5, 0.6) is 11.5 Å². The Morgan fingerprint density at radius 1 is 1.17 bits per heavy atom.